The van der Waals surface area contributed by atoms with E-state index in [2.05, 4.69) is 5.10 Å². The van der Waals surface area contributed by atoms with Crippen LogP contribution in [0.1, 0.15) is 10.4 Å². The van der Waals surface area contributed by atoms with Gasteiger partial charge in [-0.15, -0.1) is 0 Å². The highest BCUT2D eigenvalue weighted by molar-refractivity contribution is 5.86. The highest BCUT2D eigenvalue weighted by Gasteiger charge is 2.18. The lowest BCUT2D eigenvalue weighted by molar-refractivity contribution is 0.112. The van der Waals surface area contributed by atoms with E-state index in [-0.39, 0.29) is 0 Å². The van der Waals surface area contributed by atoms with E-state index in [0.717, 1.165) is 12.0 Å². The molecule has 0 aliphatic carbocycles. The van der Waals surface area contributed by atoms with Gasteiger partial charge < -0.3 is 14.2 Å². The second-order valence-corrected chi connectivity index (χ2v) is 5.25. The quantitative estimate of drug-likeness (QED) is 0.645. The predicted molar refractivity (Wildman–Crippen MR) is 94.0 cm³/mol. The molecule has 0 saturated heterocycles. The van der Waals surface area contributed by atoms with Crippen molar-refractivity contribution in [2.45, 2.75) is 0 Å². The molecule has 0 aliphatic rings. The Kier molecular flexibility index (Phi) is 4.70. The van der Waals surface area contributed by atoms with Gasteiger partial charge in [0.25, 0.3) is 0 Å². The first-order chi connectivity index (χ1) is 12.2. The molecule has 1 heterocycles. The molecular formula is C19H18N2O4. The van der Waals surface area contributed by atoms with Gasteiger partial charge in [-0.2, -0.15) is 5.10 Å². The molecule has 0 bridgehead atoms. The molecule has 6 nitrogen and oxygen atoms in total. The third-order valence-corrected chi connectivity index (χ3v) is 3.83. The number of benzene rings is 2. The number of methoxy groups -OCH3 is 3. The highest BCUT2D eigenvalue weighted by Crippen LogP contribution is 2.41. The third kappa shape index (κ3) is 3.06. The van der Waals surface area contributed by atoms with Crippen LogP contribution in [0.5, 0.6) is 17.2 Å². The van der Waals surface area contributed by atoms with E-state index in [1.54, 1.807) is 44.3 Å². The van der Waals surface area contributed by atoms with E-state index in [1.165, 1.54) is 0 Å². The van der Waals surface area contributed by atoms with Crippen molar-refractivity contribution >= 4 is 6.29 Å². The number of para-hydroxylation sites is 1. The molecule has 128 valence electrons. The molecule has 0 saturated carbocycles. The van der Waals surface area contributed by atoms with E-state index < -0.39 is 0 Å². The first kappa shape index (κ1) is 16.6. The van der Waals surface area contributed by atoms with Gasteiger partial charge in [0.15, 0.2) is 17.8 Å². The summed E-state index contributed by atoms with van der Waals surface area (Å²) in [5, 5.41) is 4.56. The molecule has 0 N–H and O–H groups in total. The topological polar surface area (TPSA) is 62.6 Å². The number of carbonyl (C=O) groups is 1. The van der Waals surface area contributed by atoms with Crippen LogP contribution in [0.25, 0.3) is 16.9 Å². The Labute approximate surface area is 145 Å². The largest absolute Gasteiger partial charge is 0.493 e. The second kappa shape index (κ2) is 7.09. The first-order valence-corrected chi connectivity index (χ1v) is 7.62. The summed E-state index contributed by atoms with van der Waals surface area (Å²) in [6, 6.07) is 13.1. The average Bonchev–Trinajstić information content (AvgIpc) is 3.11. The van der Waals surface area contributed by atoms with Gasteiger partial charge in [-0.1, -0.05) is 18.2 Å². The van der Waals surface area contributed by atoms with Crippen molar-refractivity contribution in [2.24, 2.45) is 0 Å². The average molecular weight is 338 g/mol. The van der Waals surface area contributed by atoms with Crippen molar-refractivity contribution in [3.8, 4) is 34.2 Å². The van der Waals surface area contributed by atoms with Crippen molar-refractivity contribution in [3.05, 3.63) is 54.2 Å². The number of aldehydes is 1. The van der Waals surface area contributed by atoms with Crippen LogP contribution in [-0.4, -0.2) is 37.4 Å². The van der Waals surface area contributed by atoms with E-state index in [9.17, 15) is 4.79 Å². The summed E-state index contributed by atoms with van der Waals surface area (Å²) < 4.78 is 17.8. The summed E-state index contributed by atoms with van der Waals surface area (Å²) in [6.45, 7) is 0. The molecule has 0 unspecified atom stereocenters. The van der Waals surface area contributed by atoms with Crippen molar-refractivity contribution in [2.75, 3.05) is 21.3 Å². The molecule has 0 spiro atoms. The number of ether oxygens (including phenoxy) is 3. The summed E-state index contributed by atoms with van der Waals surface area (Å²) >= 11 is 0. The number of hydrogen-bond acceptors (Lipinski definition) is 5. The van der Waals surface area contributed by atoms with Crippen LogP contribution in [-0.2, 0) is 0 Å². The lowest BCUT2D eigenvalue weighted by Gasteiger charge is -2.13. The minimum absolute atomic E-state index is 0.470. The van der Waals surface area contributed by atoms with Gasteiger partial charge >= 0.3 is 0 Å². The summed E-state index contributed by atoms with van der Waals surface area (Å²) in [5.74, 6) is 1.50. The standard InChI is InChI=1S/C19H18N2O4/c1-23-16-9-13(10-17(24-2)19(16)25-3)18-14(12-22)11-21(20-18)15-7-5-4-6-8-15/h4-12H,1-3H3. The van der Waals surface area contributed by atoms with Crippen LogP contribution >= 0.6 is 0 Å². The number of rotatable bonds is 6. The van der Waals surface area contributed by atoms with Crippen LogP contribution < -0.4 is 14.2 Å². The van der Waals surface area contributed by atoms with E-state index >= 15 is 0 Å². The maximum Gasteiger partial charge on any atom is 0.203 e. The normalized spacial score (nSPS) is 10.4. The molecule has 3 rings (SSSR count). The fourth-order valence-electron chi connectivity index (χ4n) is 2.63. The van der Waals surface area contributed by atoms with Gasteiger partial charge in [0.2, 0.25) is 5.75 Å². The van der Waals surface area contributed by atoms with Gasteiger partial charge in [-0.25, -0.2) is 4.68 Å². The Bertz CT molecular complexity index is 863. The SMILES string of the molecule is COc1cc(-c2nn(-c3ccccc3)cc2C=O)cc(OC)c1OC. The fraction of sp³-hybridized carbons (Fsp3) is 0.158. The second-order valence-electron chi connectivity index (χ2n) is 5.25. The number of aromatic nitrogens is 2. The number of carbonyl (C=O) groups excluding carboxylic acids is 1. The molecule has 0 amide bonds. The minimum Gasteiger partial charge on any atom is -0.493 e. The van der Waals surface area contributed by atoms with Gasteiger partial charge in [-0.3, -0.25) is 4.79 Å². The van der Waals surface area contributed by atoms with Gasteiger partial charge in [0.05, 0.1) is 32.6 Å². The van der Waals surface area contributed by atoms with Gasteiger partial charge in [0, 0.05) is 11.8 Å². The van der Waals surface area contributed by atoms with Gasteiger partial charge in [-0.05, 0) is 24.3 Å². The zero-order chi connectivity index (χ0) is 17.8. The monoisotopic (exact) mass is 338 g/mol. The Hall–Kier alpha value is -3.28. The van der Waals surface area contributed by atoms with Crippen molar-refractivity contribution < 1.29 is 19.0 Å². The molecule has 1 aromatic heterocycles. The highest BCUT2D eigenvalue weighted by atomic mass is 16.5. The van der Waals surface area contributed by atoms with Crippen LogP contribution in [0.15, 0.2) is 48.7 Å². The summed E-state index contributed by atoms with van der Waals surface area (Å²) in [6.07, 6.45) is 2.48. The molecule has 0 aliphatic heterocycles. The Morgan fingerprint density at radius 3 is 2.12 bits per heavy atom. The predicted octanol–water partition coefficient (Wildman–Crippen LogP) is 3.38. The molecule has 0 radical (unpaired) electrons. The van der Waals surface area contributed by atoms with Crippen LogP contribution in [0.2, 0.25) is 0 Å². The maximum absolute atomic E-state index is 11.5. The van der Waals surface area contributed by atoms with Crippen molar-refractivity contribution in [1.82, 2.24) is 9.78 Å². The molecule has 6 heteroatoms. The minimum atomic E-state index is 0.470. The molecule has 0 atom stereocenters. The van der Waals surface area contributed by atoms with Gasteiger partial charge in [0.1, 0.15) is 5.69 Å². The lowest BCUT2D eigenvalue weighted by Crippen LogP contribution is -1.97. The first-order valence-electron chi connectivity index (χ1n) is 7.62. The lowest BCUT2D eigenvalue weighted by atomic mass is 10.1. The summed E-state index contributed by atoms with van der Waals surface area (Å²) in [4.78, 5) is 11.5. The molecule has 25 heavy (non-hydrogen) atoms. The van der Waals surface area contributed by atoms with E-state index in [1.807, 2.05) is 30.3 Å². The molecule has 2 aromatic carbocycles. The maximum atomic E-state index is 11.5. The van der Waals surface area contributed by atoms with Crippen LogP contribution in [0.3, 0.4) is 0 Å². The summed E-state index contributed by atoms with van der Waals surface area (Å²) in [7, 11) is 4.63. The zero-order valence-corrected chi connectivity index (χ0v) is 14.2. The Balaban J connectivity index is 2.16. The van der Waals surface area contributed by atoms with E-state index in [4.69, 9.17) is 14.2 Å². The van der Waals surface area contributed by atoms with Crippen molar-refractivity contribution in [1.29, 1.82) is 0 Å². The number of nitrogens with zero attached hydrogens (tertiary/aromatic N) is 2. The van der Waals surface area contributed by atoms with Crippen LogP contribution in [0.4, 0.5) is 0 Å². The Morgan fingerprint density at radius 1 is 0.960 bits per heavy atom. The smallest absolute Gasteiger partial charge is 0.203 e. The van der Waals surface area contributed by atoms with Crippen molar-refractivity contribution in [3.63, 3.8) is 0 Å². The number of hydrogen-bond donors (Lipinski definition) is 0. The molecular weight excluding hydrogens is 320 g/mol. The van der Waals surface area contributed by atoms with E-state index in [0.29, 0.717) is 34.1 Å². The zero-order valence-electron chi connectivity index (χ0n) is 14.2. The third-order valence-electron chi connectivity index (χ3n) is 3.83. The molecule has 3 aromatic rings. The van der Waals surface area contributed by atoms with Crippen LogP contribution in [0, 0.1) is 0 Å². The molecule has 0 fully saturated rings. The Morgan fingerprint density at radius 2 is 1.60 bits per heavy atom. The summed E-state index contributed by atoms with van der Waals surface area (Å²) in [5.41, 5.74) is 2.58. The fourth-order valence-corrected chi connectivity index (χ4v) is 2.63.